The topological polar surface area (TPSA) is 85.4 Å². The van der Waals surface area contributed by atoms with E-state index in [4.69, 9.17) is 9.47 Å². The molecule has 31 heavy (non-hydrogen) atoms. The predicted octanol–water partition coefficient (Wildman–Crippen LogP) is 5.24. The molecule has 7 nitrogen and oxygen atoms in total. The van der Waals surface area contributed by atoms with Crippen LogP contribution in [0.1, 0.15) is 0 Å². The van der Waals surface area contributed by atoms with Crippen LogP contribution in [0.15, 0.2) is 67.4 Å². The van der Waals surface area contributed by atoms with E-state index in [0.29, 0.717) is 17.3 Å². The number of para-hydroxylation sites is 2. The molecule has 156 valence electrons. The Labute approximate surface area is 183 Å². The minimum Gasteiger partial charge on any atom is -0.497 e. The molecule has 4 aromatic rings. The van der Waals surface area contributed by atoms with Gasteiger partial charge >= 0.3 is 0 Å². The van der Waals surface area contributed by atoms with Gasteiger partial charge in [0.1, 0.15) is 11.5 Å². The van der Waals surface area contributed by atoms with Gasteiger partial charge in [0.25, 0.3) is 0 Å². The van der Waals surface area contributed by atoms with E-state index in [1.54, 1.807) is 37.8 Å². The summed E-state index contributed by atoms with van der Waals surface area (Å²) in [6.07, 6.45) is 3.00. The second kappa shape index (κ2) is 8.85. The van der Waals surface area contributed by atoms with Gasteiger partial charge in [-0.05, 0) is 42.0 Å². The molecule has 2 heterocycles. The van der Waals surface area contributed by atoms with Gasteiger partial charge < -0.3 is 20.1 Å². The first kappa shape index (κ1) is 20.4. The number of hydrogen-bond acceptors (Lipinski definition) is 7. The Bertz CT molecular complexity index is 1250. The number of ether oxygens (including phenoxy) is 2. The van der Waals surface area contributed by atoms with Crippen molar-refractivity contribution in [2.75, 3.05) is 24.9 Å². The number of rotatable bonds is 7. The molecule has 0 bridgehead atoms. The fraction of sp³-hybridized carbons (Fsp3) is 0.0870. The molecule has 2 N–H and O–H groups in total. The highest BCUT2D eigenvalue weighted by Crippen LogP contribution is 2.37. The van der Waals surface area contributed by atoms with Crippen molar-refractivity contribution >= 4 is 44.8 Å². The lowest BCUT2D eigenvalue weighted by Gasteiger charge is -2.10. The van der Waals surface area contributed by atoms with Crippen LogP contribution in [0.3, 0.4) is 0 Å². The number of nitrogens with one attached hydrogen (secondary N) is 2. The minimum atomic E-state index is -0.290. The van der Waals surface area contributed by atoms with Crippen molar-refractivity contribution in [2.24, 2.45) is 0 Å². The van der Waals surface area contributed by atoms with E-state index in [-0.39, 0.29) is 5.91 Å². The monoisotopic (exact) mass is 432 g/mol. The lowest BCUT2D eigenvalue weighted by molar-refractivity contribution is -0.111. The fourth-order valence-electron chi connectivity index (χ4n) is 3.00. The van der Waals surface area contributed by atoms with E-state index in [2.05, 4.69) is 27.2 Å². The quantitative estimate of drug-likeness (QED) is 0.388. The molecule has 0 saturated heterocycles. The molecule has 0 saturated carbocycles. The summed E-state index contributed by atoms with van der Waals surface area (Å²) < 4.78 is 11.7. The number of anilines is 3. The zero-order valence-corrected chi connectivity index (χ0v) is 17.8. The number of thiophene rings is 1. The van der Waals surface area contributed by atoms with Gasteiger partial charge in [-0.2, -0.15) is 0 Å². The SMILES string of the molecule is C=CC(=O)Nc1ccccc1Nc1ncc2sc(-c3cc(OC)cc(OC)c3)cc2n1. The van der Waals surface area contributed by atoms with E-state index in [1.165, 1.54) is 6.08 Å². The van der Waals surface area contributed by atoms with Crippen molar-refractivity contribution in [2.45, 2.75) is 0 Å². The molecule has 4 rings (SSSR count). The molecule has 0 unspecified atom stereocenters. The molecule has 8 heteroatoms. The summed E-state index contributed by atoms with van der Waals surface area (Å²) >= 11 is 1.59. The third-order valence-electron chi connectivity index (χ3n) is 4.52. The van der Waals surface area contributed by atoms with Crippen LogP contribution >= 0.6 is 11.3 Å². The molecule has 0 fully saturated rings. The van der Waals surface area contributed by atoms with Crippen LogP contribution in [-0.4, -0.2) is 30.1 Å². The zero-order chi connectivity index (χ0) is 21.8. The molecular formula is C23H20N4O3S. The first-order valence-electron chi connectivity index (χ1n) is 9.39. The van der Waals surface area contributed by atoms with Crippen LogP contribution in [0, 0.1) is 0 Å². The number of benzene rings is 2. The maximum absolute atomic E-state index is 11.7. The van der Waals surface area contributed by atoms with Gasteiger partial charge in [0, 0.05) is 10.9 Å². The van der Waals surface area contributed by atoms with E-state index in [1.807, 2.05) is 42.5 Å². The summed E-state index contributed by atoms with van der Waals surface area (Å²) in [4.78, 5) is 21.8. The number of amides is 1. The number of methoxy groups -OCH3 is 2. The molecule has 0 atom stereocenters. The van der Waals surface area contributed by atoms with Crippen LogP contribution in [0.5, 0.6) is 11.5 Å². The molecular weight excluding hydrogens is 412 g/mol. The molecule has 0 aliphatic heterocycles. The van der Waals surface area contributed by atoms with Gasteiger partial charge in [0.2, 0.25) is 11.9 Å². The smallest absolute Gasteiger partial charge is 0.247 e. The lowest BCUT2D eigenvalue weighted by atomic mass is 10.1. The summed E-state index contributed by atoms with van der Waals surface area (Å²) in [6.45, 7) is 3.48. The second-order valence-electron chi connectivity index (χ2n) is 6.52. The highest BCUT2D eigenvalue weighted by atomic mass is 32.1. The Morgan fingerprint density at radius 2 is 1.77 bits per heavy atom. The van der Waals surface area contributed by atoms with Gasteiger partial charge in [0.15, 0.2) is 0 Å². The Kier molecular flexibility index (Phi) is 5.81. The third kappa shape index (κ3) is 4.49. The zero-order valence-electron chi connectivity index (χ0n) is 17.0. The first-order chi connectivity index (χ1) is 15.1. The predicted molar refractivity (Wildman–Crippen MR) is 125 cm³/mol. The van der Waals surface area contributed by atoms with Crippen LogP contribution in [0.2, 0.25) is 0 Å². The Balaban J connectivity index is 1.65. The first-order valence-corrected chi connectivity index (χ1v) is 10.2. The van der Waals surface area contributed by atoms with Gasteiger partial charge in [-0.25, -0.2) is 9.97 Å². The Morgan fingerprint density at radius 3 is 2.45 bits per heavy atom. The lowest BCUT2D eigenvalue weighted by Crippen LogP contribution is -2.09. The van der Waals surface area contributed by atoms with E-state index >= 15 is 0 Å². The van der Waals surface area contributed by atoms with Gasteiger partial charge in [-0.15, -0.1) is 11.3 Å². The summed E-state index contributed by atoms with van der Waals surface area (Å²) in [6, 6.07) is 15.1. The largest absolute Gasteiger partial charge is 0.497 e. The summed E-state index contributed by atoms with van der Waals surface area (Å²) in [7, 11) is 3.25. The van der Waals surface area contributed by atoms with Gasteiger partial charge in [-0.3, -0.25) is 4.79 Å². The Morgan fingerprint density at radius 1 is 1.06 bits per heavy atom. The highest BCUT2D eigenvalue weighted by Gasteiger charge is 2.11. The summed E-state index contributed by atoms with van der Waals surface area (Å²) in [5.41, 5.74) is 3.09. The summed E-state index contributed by atoms with van der Waals surface area (Å²) in [5, 5.41) is 5.94. The van der Waals surface area contributed by atoms with Crippen LogP contribution in [0.25, 0.3) is 20.7 Å². The van der Waals surface area contributed by atoms with Crippen molar-refractivity contribution < 1.29 is 14.3 Å². The maximum Gasteiger partial charge on any atom is 0.247 e. The standard InChI is InChI=1S/C23H20N4O3S/c1-4-22(28)25-17-7-5-6-8-18(17)26-23-24-13-21-19(27-23)12-20(31-21)14-9-15(29-2)11-16(10-14)30-3/h4-13H,1H2,2-3H3,(H,25,28)(H,24,26,27). The van der Waals surface area contributed by atoms with E-state index in [9.17, 15) is 4.79 Å². The van der Waals surface area contributed by atoms with E-state index in [0.717, 1.165) is 32.2 Å². The molecule has 0 aliphatic rings. The fourth-order valence-corrected chi connectivity index (χ4v) is 3.95. The van der Waals surface area contributed by atoms with E-state index < -0.39 is 0 Å². The second-order valence-corrected chi connectivity index (χ2v) is 7.60. The minimum absolute atomic E-state index is 0.290. The molecule has 2 aromatic heterocycles. The molecule has 0 spiro atoms. The number of fused-ring (bicyclic) bond motifs is 1. The number of hydrogen-bond donors (Lipinski definition) is 2. The number of carbonyl (C=O) groups excluding carboxylic acids is 1. The van der Waals surface area contributed by atoms with Crippen molar-refractivity contribution in [3.63, 3.8) is 0 Å². The molecule has 2 aromatic carbocycles. The number of aromatic nitrogens is 2. The highest BCUT2D eigenvalue weighted by molar-refractivity contribution is 7.22. The van der Waals surface area contributed by atoms with Crippen molar-refractivity contribution in [1.82, 2.24) is 9.97 Å². The third-order valence-corrected chi connectivity index (χ3v) is 5.63. The molecule has 0 radical (unpaired) electrons. The number of nitrogens with zero attached hydrogens (tertiary/aromatic N) is 2. The summed E-state index contributed by atoms with van der Waals surface area (Å²) in [5.74, 6) is 1.58. The number of carbonyl (C=O) groups is 1. The average Bonchev–Trinajstić information content (AvgIpc) is 3.23. The van der Waals surface area contributed by atoms with Crippen LogP contribution in [-0.2, 0) is 4.79 Å². The Hall–Kier alpha value is -3.91. The van der Waals surface area contributed by atoms with Gasteiger partial charge in [-0.1, -0.05) is 18.7 Å². The van der Waals surface area contributed by atoms with Crippen molar-refractivity contribution in [3.05, 3.63) is 67.4 Å². The average molecular weight is 433 g/mol. The van der Waals surface area contributed by atoms with Crippen molar-refractivity contribution in [1.29, 1.82) is 0 Å². The maximum atomic E-state index is 11.7. The van der Waals surface area contributed by atoms with Crippen molar-refractivity contribution in [3.8, 4) is 21.9 Å². The normalized spacial score (nSPS) is 10.5. The van der Waals surface area contributed by atoms with Crippen LogP contribution in [0.4, 0.5) is 17.3 Å². The van der Waals surface area contributed by atoms with Gasteiger partial charge in [0.05, 0.1) is 42.0 Å². The van der Waals surface area contributed by atoms with Crippen LogP contribution < -0.4 is 20.1 Å². The molecule has 1 amide bonds. The molecule has 0 aliphatic carbocycles.